The van der Waals surface area contributed by atoms with Crippen LogP contribution in [0.1, 0.15) is 20.9 Å². The van der Waals surface area contributed by atoms with Gasteiger partial charge in [0, 0.05) is 22.3 Å². The van der Waals surface area contributed by atoms with Crippen LogP contribution in [0.15, 0.2) is 65.9 Å². The molecule has 140 valence electrons. The second kappa shape index (κ2) is 7.16. The van der Waals surface area contributed by atoms with E-state index in [1.165, 1.54) is 22.7 Å². The number of Topliss-reactive ketones (excluding diaryl/α,β-unsaturated/α-hetero) is 1. The lowest BCUT2D eigenvalue weighted by Gasteiger charge is -2.01. The monoisotopic (exact) mass is 422 g/mol. The van der Waals surface area contributed by atoms with E-state index in [-0.39, 0.29) is 11.5 Å². The van der Waals surface area contributed by atoms with Gasteiger partial charge >= 0.3 is 0 Å². The number of carbonyl (C=O) groups excluding carboxylic acids is 1. The minimum absolute atomic E-state index is 0.0950. The Balaban J connectivity index is 1.62. The number of allylic oxidation sites excluding steroid dienone is 3. The maximum atomic E-state index is 13.0. The van der Waals surface area contributed by atoms with Gasteiger partial charge in [0.2, 0.25) is 0 Å². The molecule has 5 nitrogen and oxygen atoms in total. The Kier molecular flexibility index (Phi) is 4.33. The Morgan fingerprint density at radius 3 is 2.40 bits per heavy atom. The Hall–Kier alpha value is -3.91. The largest absolute Gasteiger partial charge is 0.289 e. The van der Waals surface area contributed by atoms with Gasteiger partial charge in [-0.3, -0.25) is 4.79 Å². The van der Waals surface area contributed by atoms with Crippen molar-refractivity contribution >= 4 is 49.8 Å². The number of hydrogen-bond acceptors (Lipinski definition) is 6. The summed E-state index contributed by atoms with van der Waals surface area (Å²) in [6.45, 7) is 7.35. The van der Waals surface area contributed by atoms with E-state index < -0.39 is 0 Å². The molecule has 7 heteroatoms. The molecule has 0 radical (unpaired) electrons. The number of ketones is 1. The van der Waals surface area contributed by atoms with Gasteiger partial charge in [-0.05, 0) is 11.6 Å². The van der Waals surface area contributed by atoms with Crippen molar-refractivity contribution < 1.29 is 4.79 Å². The van der Waals surface area contributed by atoms with E-state index >= 15 is 0 Å². The third kappa shape index (κ3) is 2.85. The fraction of sp³-hybridized carbons (Fsp3) is 0. The van der Waals surface area contributed by atoms with Crippen LogP contribution < -0.4 is 0 Å². The van der Waals surface area contributed by atoms with Gasteiger partial charge in [-0.15, -0.1) is 0 Å². The smallest absolute Gasteiger partial charge is 0.270 e. The second-order valence-electron chi connectivity index (χ2n) is 6.43. The highest BCUT2D eigenvalue weighted by Crippen LogP contribution is 2.41. The first kappa shape index (κ1) is 18.1. The number of aromatic nitrogens is 2. The van der Waals surface area contributed by atoms with E-state index in [9.17, 15) is 10.1 Å². The summed E-state index contributed by atoms with van der Waals surface area (Å²) in [7, 11) is 0. The van der Waals surface area contributed by atoms with E-state index in [0.717, 1.165) is 20.2 Å². The Morgan fingerprint density at radius 1 is 1.00 bits per heavy atom. The molecule has 2 aromatic heterocycles. The Labute approximate surface area is 179 Å². The minimum Gasteiger partial charge on any atom is -0.289 e. The van der Waals surface area contributed by atoms with Gasteiger partial charge in [0.15, 0.2) is 15.4 Å². The molecule has 2 aromatic carbocycles. The summed E-state index contributed by atoms with van der Waals surface area (Å²) in [5, 5.41) is 10.9. The van der Waals surface area contributed by atoms with Crippen LogP contribution in [-0.2, 0) is 0 Å². The highest BCUT2D eigenvalue weighted by atomic mass is 32.1. The first-order valence-corrected chi connectivity index (χ1v) is 10.5. The predicted octanol–water partition coefficient (Wildman–Crippen LogP) is 5.85. The summed E-state index contributed by atoms with van der Waals surface area (Å²) in [4.78, 5) is 27.2. The average molecular weight is 422 g/mol. The van der Waals surface area contributed by atoms with Crippen LogP contribution in [0.4, 0.5) is 0 Å². The molecule has 5 rings (SSSR count). The molecule has 0 N–H and O–H groups in total. The van der Waals surface area contributed by atoms with Gasteiger partial charge in [-0.25, -0.2) is 20.1 Å². The van der Waals surface area contributed by atoms with Gasteiger partial charge < -0.3 is 0 Å². The summed E-state index contributed by atoms with van der Waals surface area (Å²) in [6.07, 6.45) is 1.67. The molecule has 30 heavy (non-hydrogen) atoms. The molecule has 0 saturated carbocycles. The van der Waals surface area contributed by atoms with Gasteiger partial charge in [0.05, 0.1) is 12.6 Å². The molecular weight excluding hydrogens is 412 g/mol. The van der Waals surface area contributed by atoms with Gasteiger partial charge in [0.1, 0.15) is 10.0 Å². The lowest BCUT2D eigenvalue weighted by Crippen LogP contribution is -1.95. The molecule has 0 aliphatic heterocycles. The van der Waals surface area contributed by atoms with Crippen LogP contribution in [0.2, 0.25) is 0 Å². The molecule has 0 amide bonds. The summed E-state index contributed by atoms with van der Waals surface area (Å²) >= 11 is 2.88. The fourth-order valence-corrected chi connectivity index (χ4v) is 5.38. The zero-order valence-electron chi connectivity index (χ0n) is 15.3. The number of thiazole rings is 2. The van der Waals surface area contributed by atoms with Crippen LogP contribution in [-0.4, -0.2) is 15.8 Å². The first-order chi connectivity index (χ1) is 14.7. The Morgan fingerprint density at radius 2 is 1.70 bits per heavy atom. The number of nitriles is 1. The summed E-state index contributed by atoms with van der Waals surface area (Å²) in [5.41, 5.74) is 2.76. The minimum atomic E-state index is -0.200. The molecule has 0 bridgehead atoms. The molecule has 4 aromatic rings. The second-order valence-corrected chi connectivity index (χ2v) is 8.41. The predicted molar refractivity (Wildman–Crippen MR) is 119 cm³/mol. The van der Waals surface area contributed by atoms with Crippen molar-refractivity contribution in [3.63, 3.8) is 0 Å². The van der Waals surface area contributed by atoms with Crippen molar-refractivity contribution in [2.24, 2.45) is 0 Å². The molecule has 0 atom stereocenters. The molecule has 0 saturated heterocycles. The van der Waals surface area contributed by atoms with Crippen molar-refractivity contribution in [2.45, 2.75) is 0 Å². The van der Waals surface area contributed by atoms with E-state index in [4.69, 9.17) is 6.57 Å². The standard InChI is InChI=1S/C23H10N4OS2/c1-25-17(12-24)19-14-9-5-6-10-15(14)20(28)16(19)11-18-26-22-23(29-18)27-21(30-22)13-7-3-2-4-8-13/h2-11H/b16-11-,19-17-. The van der Waals surface area contributed by atoms with E-state index in [1.807, 2.05) is 36.4 Å². The van der Waals surface area contributed by atoms with E-state index in [1.54, 1.807) is 30.3 Å². The topological polar surface area (TPSA) is 71.0 Å². The van der Waals surface area contributed by atoms with Crippen molar-refractivity contribution in [3.05, 3.63) is 93.4 Å². The van der Waals surface area contributed by atoms with Crippen molar-refractivity contribution in [2.75, 3.05) is 0 Å². The summed E-state index contributed by atoms with van der Waals surface area (Å²) < 4.78 is 0. The number of benzene rings is 2. The third-order valence-corrected chi connectivity index (χ3v) is 6.71. The lowest BCUT2D eigenvalue weighted by atomic mass is 10.0. The number of hydrogen-bond donors (Lipinski definition) is 0. The molecule has 0 spiro atoms. The molecule has 0 unspecified atom stereocenters. The Bertz CT molecular complexity index is 1430. The van der Waals surface area contributed by atoms with Crippen LogP contribution in [0, 0.1) is 17.9 Å². The zero-order chi connectivity index (χ0) is 20.7. The van der Waals surface area contributed by atoms with Crippen LogP contribution in [0.3, 0.4) is 0 Å². The SMILES string of the molecule is [C-]#[N+]/C(C#N)=C1\C(=C\c2nc3sc(-c4ccccc4)nc3s2)C(=O)c2ccccc21. The third-order valence-electron chi connectivity index (χ3n) is 4.69. The van der Waals surface area contributed by atoms with E-state index in [0.29, 0.717) is 27.3 Å². The van der Waals surface area contributed by atoms with Gasteiger partial charge in [0.25, 0.3) is 5.70 Å². The van der Waals surface area contributed by atoms with Crippen molar-refractivity contribution in [1.29, 1.82) is 5.26 Å². The fourth-order valence-electron chi connectivity index (χ4n) is 3.38. The van der Waals surface area contributed by atoms with E-state index in [2.05, 4.69) is 14.8 Å². The van der Waals surface area contributed by atoms with Crippen LogP contribution in [0.25, 0.3) is 36.7 Å². The molecule has 1 aliphatic carbocycles. The van der Waals surface area contributed by atoms with Crippen molar-refractivity contribution in [3.8, 4) is 16.6 Å². The first-order valence-electron chi connectivity index (χ1n) is 8.90. The maximum Gasteiger partial charge on any atom is 0.270 e. The maximum absolute atomic E-state index is 13.0. The molecule has 1 aliphatic rings. The lowest BCUT2D eigenvalue weighted by molar-refractivity contribution is 0.104. The van der Waals surface area contributed by atoms with Crippen molar-refractivity contribution in [1.82, 2.24) is 9.97 Å². The number of rotatable bonds is 2. The van der Waals surface area contributed by atoms with Gasteiger partial charge in [-0.2, -0.15) is 0 Å². The number of nitrogens with zero attached hydrogens (tertiary/aromatic N) is 4. The number of carbonyl (C=O) groups is 1. The van der Waals surface area contributed by atoms with Crippen LogP contribution in [0.5, 0.6) is 0 Å². The van der Waals surface area contributed by atoms with Gasteiger partial charge in [-0.1, -0.05) is 77.3 Å². The summed E-state index contributed by atoms with van der Waals surface area (Å²) in [6, 6.07) is 18.9. The molecule has 2 heterocycles. The highest BCUT2D eigenvalue weighted by Gasteiger charge is 2.32. The quantitative estimate of drug-likeness (QED) is 0.231. The molecular formula is C23H10N4OS2. The normalized spacial score (nSPS) is 15.8. The number of fused-ring (bicyclic) bond motifs is 2. The molecule has 0 fully saturated rings. The summed E-state index contributed by atoms with van der Waals surface area (Å²) in [5.74, 6) is -0.200. The average Bonchev–Trinajstić information content (AvgIpc) is 3.42. The van der Waals surface area contributed by atoms with Crippen LogP contribution >= 0.6 is 22.7 Å². The highest BCUT2D eigenvalue weighted by molar-refractivity contribution is 7.28. The zero-order valence-corrected chi connectivity index (χ0v) is 16.9.